The number of hydrogen-bond acceptors (Lipinski definition) is 4. The van der Waals surface area contributed by atoms with Crippen LogP contribution in [0.4, 0.5) is 0 Å². The fraction of sp³-hybridized carbons (Fsp3) is 0.167. The smallest absolute Gasteiger partial charge is 0.333 e. The van der Waals surface area contributed by atoms with Crippen LogP contribution in [0, 0.1) is 0 Å². The van der Waals surface area contributed by atoms with Crippen LogP contribution in [-0.2, 0) is 9.53 Å². The summed E-state index contributed by atoms with van der Waals surface area (Å²) < 4.78 is 5.81. The Kier molecular flexibility index (Phi) is 5.58. The second-order valence-electron chi connectivity index (χ2n) is 5.43. The summed E-state index contributed by atoms with van der Waals surface area (Å²) >= 11 is 9.44. The Morgan fingerprint density at radius 1 is 1.35 bits per heavy atom. The molecule has 3 aromatic rings. The summed E-state index contributed by atoms with van der Waals surface area (Å²) in [7, 11) is 0. The van der Waals surface area contributed by atoms with Gasteiger partial charge in [-0.3, -0.25) is 4.79 Å². The molecule has 0 aliphatic rings. The van der Waals surface area contributed by atoms with Crippen LogP contribution >= 0.6 is 27.5 Å². The topological polar surface area (TPSA) is 84.1 Å². The number of halogens is 2. The van der Waals surface area contributed by atoms with Crippen molar-refractivity contribution in [3.05, 3.63) is 63.3 Å². The third-order valence-electron chi connectivity index (χ3n) is 3.78. The molecule has 2 aromatic heterocycles. The summed E-state index contributed by atoms with van der Waals surface area (Å²) in [6.45, 7) is 1.91. The number of hydrogen-bond donors (Lipinski definition) is 2. The molecule has 0 radical (unpaired) electrons. The highest BCUT2D eigenvalue weighted by atomic mass is 79.9. The number of aromatic amines is 1. The third-order valence-corrected chi connectivity index (χ3v) is 5.01. The molecular weight excluding hydrogens is 422 g/mol. The molecule has 0 saturated carbocycles. The maximum atomic E-state index is 12.8. The lowest BCUT2D eigenvalue weighted by Gasteiger charge is -2.18. The number of aromatic nitrogens is 2. The zero-order valence-corrected chi connectivity index (χ0v) is 16.1. The molecule has 2 heterocycles. The van der Waals surface area contributed by atoms with Gasteiger partial charge in [-0.15, -0.1) is 0 Å². The first-order valence-electron chi connectivity index (χ1n) is 7.85. The summed E-state index contributed by atoms with van der Waals surface area (Å²) in [6.07, 6.45) is 3.23. The molecule has 1 amide bonds. The average Bonchev–Trinajstić information content (AvgIpc) is 3.10. The number of carbonyl (C=O) groups is 2. The van der Waals surface area contributed by atoms with Crippen LogP contribution in [0.3, 0.4) is 0 Å². The molecule has 0 aliphatic carbocycles. The summed E-state index contributed by atoms with van der Waals surface area (Å²) in [4.78, 5) is 32.3. The molecule has 134 valence electrons. The molecule has 0 saturated heterocycles. The van der Waals surface area contributed by atoms with Gasteiger partial charge in [-0.2, -0.15) is 0 Å². The number of esters is 1. The third kappa shape index (κ3) is 3.73. The first-order chi connectivity index (χ1) is 12.5. The molecule has 26 heavy (non-hydrogen) atoms. The Hall–Kier alpha value is -2.38. The van der Waals surface area contributed by atoms with E-state index >= 15 is 0 Å². The van der Waals surface area contributed by atoms with Gasteiger partial charge in [0.05, 0.1) is 17.2 Å². The van der Waals surface area contributed by atoms with E-state index in [1.54, 1.807) is 43.5 Å². The molecule has 3 rings (SSSR count). The van der Waals surface area contributed by atoms with E-state index in [-0.39, 0.29) is 6.61 Å². The van der Waals surface area contributed by atoms with Crippen molar-refractivity contribution in [2.75, 3.05) is 6.61 Å². The maximum absolute atomic E-state index is 12.8. The van der Waals surface area contributed by atoms with Gasteiger partial charge in [-0.05, 0) is 52.7 Å². The number of H-pyrrole nitrogens is 1. The van der Waals surface area contributed by atoms with Gasteiger partial charge >= 0.3 is 5.97 Å². The molecule has 0 spiro atoms. The largest absolute Gasteiger partial charge is 0.464 e. The van der Waals surface area contributed by atoms with Gasteiger partial charge in [0.15, 0.2) is 6.04 Å². The maximum Gasteiger partial charge on any atom is 0.333 e. The monoisotopic (exact) mass is 435 g/mol. The average molecular weight is 437 g/mol. The predicted octanol–water partition coefficient (Wildman–Crippen LogP) is 4.01. The Morgan fingerprint density at radius 3 is 2.88 bits per heavy atom. The fourth-order valence-electron chi connectivity index (χ4n) is 2.56. The molecule has 6 nitrogen and oxygen atoms in total. The normalized spacial score (nSPS) is 12.0. The van der Waals surface area contributed by atoms with E-state index in [4.69, 9.17) is 16.3 Å². The molecule has 1 aromatic carbocycles. The number of fused-ring (bicyclic) bond motifs is 1. The van der Waals surface area contributed by atoms with Crippen molar-refractivity contribution in [1.29, 1.82) is 0 Å². The standard InChI is InChI=1S/C18H15BrClN3O3/c1-2-26-18(25)15(10-3-4-13(19)14(20)9-10)23-17(24)12-6-8-22-16-11(12)5-7-21-16/h3-9,15H,2H2,1H3,(H,21,22)(H,23,24). The Bertz CT molecular complexity index is 973. The van der Waals surface area contributed by atoms with E-state index in [9.17, 15) is 9.59 Å². The minimum absolute atomic E-state index is 0.201. The van der Waals surface area contributed by atoms with Crippen LogP contribution in [-0.4, -0.2) is 28.5 Å². The lowest BCUT2D eigenvalue weighted by Crippen LogP contribution is -2.35. The molecule has 1 atom stereocenters. The number of amides is 1. The second-order valence-corrected chi connectivity index (χ2v) is 6.69. The number of rotatable bonds is 5. The van der Waals surface area contributed by atoms with E-state index < -0.39 is 17.9 Å². The fourth-order valence-corrected chi connectivity index (χ4v) is 3.00. The van der Waals surface area contributed by atoms with Crippen molar-refractivity contribution in [1.82, 2.24) is 15.3 Å². The number of carbonyl (C=O) groups excluding carboxylic acids is 2. The highest BCUT2D eigenvalue weighted by molar-refractivity contribution is 9.10. The molecular formula is C18H15BrClN3O3. The number of pyridine rings is 1. The second kappa shape index (κ2) is 7.88. The van der Waals surface area contributed by atoms with Crippen molar-refractivity contribution < 1.29 is 14.3 Å². The van der Waals surface area contributed by atoms with Crippen LogP contribution in [0.1, 0.15) is 28.9 Å². The lowest BCUT2D eigenvalue weighted by atomic mass is 10.1. The Morgan fingerprint density at radius 2 is 2.15 bits per heavy atom. The molecule has 1 unspecified atom stereocenters. The summed E-state index contributed by atoms with van der Waals surface area (Å²) in [5, 5.41) is 3.84. The van der Waals surface area contributed by atoms with E-state index in [0.717, 1.165) is 0 Å². The number of nitrogens with one attached hydrogen (secondary N) is 2. The molecule has 0 aliphatic heterocycles. The van der Waals surface area contributed by atoms with E-state index in [1.165, 1.54) is 6.20 Å². The summed E-state index contributed by atoms with van der Waals surface area (Å²) in [5.74, 6) is -0.965. The van der Waals surface area contributed by atoms with Crippen molar-refractivity contribution in [3.63, 3.8) is 0 Å². The Balaban J connectivity index is 1.94. The minimum atomic E-state index is -0.977. The molecule has 0 bridgehead atoms. The SMILES string of the molecule is CCOC(=O)C(NC(=O)c1ccnc2[nH]ccc12)c1ccc(Br)c(Cl)c1. The van der Waals surface area contributed by atoms with Crippen LogP contribution < -0.4 is 5.32 Å². The van der Waals surface area contributed by atoms with Gasteiger partial charge < -0.3 is 15.0 Å². The molecule has 8 heteroatoms. The van der Waals surface area contributed by atoms with Crippen molar-refractivity contribution in [2.45, 2.75) is 13.0 Å². The van der Waals surface area contributed by atoms with Crippen LogP contribution in [0.5, 0.6) is 0 Å². The van der Waals surface area contributed by atoms with Gasteiger partial charge in [0.25, 0.3) is 5.91 Å². The van der Waals surface area contributed by atoms with Crippen LogP contribution in [0.25, 0.3) is 11.0 Å². The first kappa shape index (κ1) is 18.4. The van der Waals surface area contributed by atoms with Crippen LogP contribution in [0.15, 0.2) is 47.2 Å². The van der Waals surface area contributed by atoms with Crippen molar-refractivity contribution >= 4 is 50.4 Å². The quantitative estimate of drug-likeness (QED) is 0.592. The zero-order valence-electron chi connectivity index (χ0n) is 13.8. The lowest BCUT2D eigenvalue weighted by molar-refractivity contribution is -0.145. The summed E-state index contributed by atoms with van der Waals surface area (Å²) in [6, 6.07) is 7.42. The first-order valence-corrected chi connectivity index (χ1v) is 9.03. The zero-order chi connectivity index (χ0) is 18.7. The van der Waals surface area contributed by atoms with E-state index in [1.807, 2.05) is 0 Å². The van der Waals surface area contributed by atoms with E-state index in [0.29, 0.717) is 31.7 Å². The highest BCUT2D eigenvalue weighted by Gasteiger charge is 2.26. The van der Waals surface area contributed by atoms with Gasteiger partial charge in [-0.1, -0.05) is 17.7 Å². The van der Waals surface area contributed by atoms with Crippen molar-refractivity contribution in [2.24, 2.45) is 0 Å². The summed E-state index contributed by atoms with van der Waals surface area (Å²) in [5.41, 5.74) is 1.54. The van der Waals surface area contributed by atoms with Gasteiger partial charge in [0.2, 0.25) is 0 Å². The molecule has 0 fully saturated rings. The highest BCUT2D eigenvalue weighted by Crippen LogP contribution is 2.27. The number of benzene rings is 1. The van der Waals surface area contributed by atoms with Crippen LogP contribution in [0.2, 0.25) is 5.02 Å². The number of ether oxygens (including phenoxy) is 1. The van der Waals surface area contributed by atoms with E-state index in [2.05, 4.69) is 31.2 Å². The molecule has 2 N–H and O–H groups in total. The van der Waals surface area contributed by atoms with Gasteiger partial charge in [0, 0.05) is 22.3 Å². The van der Waals surface area contributed by atoms with Gasteiger partial charge in [0.1, 0.15) is 5.65 Å². The Labute approximate surface area is 163 Å². The predicted molar refractivity (Wildman–Crippen MR) is 102 cm³/mol. The van der Waals surface area contributed by atoms with Gasteiger partial charge in [-0.25, -0.2) is 9.78 Å². The minimum Gasteiger partial charge on any atom is -0.464 e. The van der Waals surface area contributed by atoms with Crippen molar-refractivity contribution in [3.8, 4) is 0 Å². The number of nitrogens with zero attached hydrogens (tertiary/aromatic N) is 1.